The van der Waals surface area contributed by atoms with Crippen molar-refractivity contribution in [2.24, 2.45) is 4.99 Å². The molecule has 0 bridgehead atoms. The lowest BCUT2D eigenvalue weighted by molar-refractivity contribution is 0.415. The molecule has 0 spiro atoms. The Labute approximate surface area is 169 Å². The Bertz CT molecular complexity index is 1140. The van der Waals surface area contributed by atoms with E-state index in [4.69, 9.17) is 40.2 Å². The van der Waals surface area contributed by atoms with Gasteiger partial charge in [0.05, 0.1) is 28.5 Å². The molecule has 138 valence electrons. The van der Waals surface area contributed by atoms with Crippen molar-refractivity contribution in [3.63, 3.8) is 0 Å². The molecule has 0 aliphatic heterocycles. The zero-order valence-electron chi connectivity index (χ0n) is 13.9. The minimum Gasteiger partial charge on any atom is -0.497 e. The lowest BCUT2D eigenvalue weighted by Crippen LogP contribution is -2.18. The molecule has 2 N–H and O–H groups in total. The van der Waals surface area contributed by atoms with Crippen molar-refractivity contribution in [2.75, 3.05) is 7.11 Å². The minimum absolute atomic E-state index is 0.0248. The average molecular weight is 422 g/mol. The van der Waals surface area contributed by atoms with E-state index in [0.717, 1.165) is 0 Å². The first-order valence-corrected chi connectivity index (χ1v) is 8.79. The van der Waals surface area contributed by atoms with Gasteiger partial charge in [0, 0.05) is 6.21 Å². The summed E-state index contributed by atoms with van der Waals surface area (Å²) in [6, 6.07) is 11.8. The molecule has 0 aliphatic rings. The number of hydrogen-bond acceptors (Lipinski definition) is 5. The normalized spacial score (nSPS) is 11.1. The summed E-state index contributed by atoms with van der Waals surface area (Å²) in [7, 11) is 1.56. The van der Waals surface area contributed by atoms with Gasteiger partial charge < -0.3 is 9.84 Å². The summed E-state index contributed by atoms with van der Waals surface area (Å²) in [5, 5.41) is 11.1. The van der Waals surface area contributed by atoms with Gasteiger partial charge in [-0.1, -0.05) is 29.3 Å². The number of aromatic amines is 1. The highest BCUT2D eigenvalue weighted by Gasteiger charge is 2.15. The van der Waals surface area contributed by atoms with E-state index in [1.807, 2.05) is 0 Å². The highest BCUT2D eigenvalue weighted by molar-refractivity contribution is 7.71. The first-order chi connectivity index (χ1) is 12.9. The highest BCUT2D eigenvalue weighted by Crippen LogP contribution is 2.31. The standard InChI is InChI=1S/C18H13Cl2N3O3S/c1-26-11-7-5-10(6-8-11)21-9-12-16(24)22-18(27)23(17(12)25)14-4-2-3-13(19)15(14)20/h2-9,25H,1H3,(H,22,24,27). The van der Waals surface area contributed by atoms with Crippen LogP contribution in [0.15, 0.2) is 52.3 Å². The minimum atomic E-state index is -0.579. The molecule has 0 aliphatic carbocycles. The van der Waals surface area contributed by atoms with Crippen molar-refractivity contribution in [1.29, 1.82) is 0 Å². The van der Waals surface area contributed by atoms with Crippen molar-refractivity contribution >= 4 is 47.3 Å². The fourth-order valence-corrected chi connectivity index (χ4v) is 3.01. The molecule has 1 aromatic heterocycles. The number of aliphatic imine (C=N–C) groups is 1. The van der Waals surface area contributed by atoms with Crippen LogP contribution >= 0.6 is 35.4 Å². The van der Waals surface area contributed by atoms with Gasteiger partial charge in [-0.2, -0.15) is 0 Å². The zero-order valence-corrected chi connectivity index (χ0v) is 16.3. The van der Waals surface area contributed by atoms with E-state index in [0.29, 0.717) is 17.1 Å². The molecular formula is C18H13Cl2N3O3S. The Balaban J connectivity index is 2.11. The molecule has 0 atom stereocenters. The van der Waals surface area contributed by atoms with Crippen LogP contribution < -0.4 is 10.3 Å². The molecule has 0 saturated carbocycles. The number of H-pyrrole nitrogens is 1. The van der Waals surface area contributed by atoms with Gasteiger partial charge in [0.15, 0.2) is 4.77 Å². The number of aromatic hydroxyl groups is 1. The third kappa shape index (κ3) is 3.90. The summed E-state index contributed by atoms with van der Waals surface area (Å²) >= 11 is 17.4. The van der Waals surface area contributed by atoms with Gasteiger partial charge in [0.25, 0.3) is 5.56 Å². The van der Waals surface area contributed by atoms with E-state index in [1.54, 1.807) is 49.6 Å². The quantitative estimate of drug-likeness (QED) is 0.473. The number of nitrogens with zero attached hydrogens (tertiary/aromatic N) is 2. The average Bonchev–Trinajstić information content (AvgIpc) is 2.65. The number of benzene rings is 2. The third-order valence-electron chi connectivity index (χ3n) is 3.71. The third-order valence-corrected chi connectivity index (χ3v) is 4.80. The SMILES string of the molecule is COc1ccc(N=Cc2c(O)n(-c3cccc(Cl)c3Cl)c(=S)[nH]c2=O)cc1. The number of halogens is 2. The van der Waals surface area contributed by atoms with Gasteiger partial charge in [0.2, 0.25) is 5.88 Å². The summed E-state index contributed by atoms with van der Waals surface area (Å²) in [6.45, 7) is 0. The summed E-state index contributed by atoms with van der Waals surface area (Å²) in [6.07, 6.45) is 1.25. The monoisotopic (exact) mass is 421 g/mol. The van der Waals surface area contributed by atoms with Crippen LogP contribution in [0.4, 0.5) is 5.69 Å². The second kappa shape index (κ2) is 7.96. The molecule has 9 heteroatoms. The molecule has 3 rings (SSSR count). The molecule has 1 heterocycles. The number of nitrogens with one attached hydrogen (secondary N) is 1. The molecule has 0 saturated heterocycles. The van der Waals surface area contributed by atoms with Crippen molar-refractivity contribution in [3.8, 4) is 17.3 Å². The number of ether oxygens (including phenoxy) is 1. The molecular weight excluding hydrogens is 409 g/mol. The molecule has 0 unspecified atom stereocenters. The van der Waals surface area contributed by atoms with E-state index in [-0.39, 0.29) is 20.4 Å². The second-order valence-electron chi connectivity index (χ2n) is 5.36. The van der Waals surface area contributed by atoms with Crippen molar-refractivity contribution in [2.45, 2.75) is 0 Å². The first-order valence-electron chi connectivity index (χ1n) is 7.63. The van der Waals surface area contributed by atoms with E-state index >= 15 is 0 Å². The molecule has 27 heavy (non-hydrogen) atoms. The van der Waals surface area contributed by atoms with Gasteiger partial charge >= 0.3 is 0 Å². The van der Waals surface area contributed by atoms with Crippen molar-refractivity contribution in [3.05, 3.63) is 73.2 Å². The maximum absolute atomic E-state index is 12.3. The topological polar surface area (TPSA) is 79.6 Å². The van der Waals surface area contributed by atoms with Crippen LogP contribution in [-0.4, -0.2) is 28.0 Å². The Morgan fingerprint density at radius 1 is 1.22 bits per heavy atom. The Hall–Kier alpha value is -2.61. The van der Waals surface area contributed by atoms with Crippen LogP contribution in [0.1, 0.15) is 5.56 Å². The highest BCUT2D eigenvalue weighted by atomic mass is 35.5. The number of methoxy groups -OCH3 is 1. The van der Waals surface area contributed by atoms with Crippen LogP contribution in [0.5, 0.6) is 11.6 Å². The van der Waals surface area contributed by atoms with Crippen LogP contribution in [0, 0.1) is 4.77 Å². The second-order valence-corrected chi connectivity index (χ2v) is 6.53. The van der Waals surface area contributed by atoms with E-state index < -0.39 is 11.4 Å². The largest absolute Gasteiger partial charge is 0.497 e. The van der Waals surface area contributed by atoms with E-state index in [2.05, 4.69) is 9.98 Å². The summed E-state index contributed by atoms with van der Waals surface area (Å²) in [5.41, 5.74) is 0.256. The zero-order chi connectivity index (χ0) is 19.6. The van der Waals surface area contributed by atoms with Crippen LogP contribution in [0.3, 0.4) is 0 Å². The number of rotatable bonds is 4. The summed E-state index contributed by atoms with van der Waals surface area (Å²) < 4.78 is 6.28. The van der Waals surface area contributed by atoms with Gasteiger partial charge in [-0.05, 0) is 48.6 Å². The molecule has 6 nitrogen and oxygen atoms in total. The van der Waals surface area contributed by atoms with E-state index in [1.165, 1.54) is 10.8 Å². The lowest BCUT2D eigenvalue weighted by Gasteiger charge is -2.13. The molecule has 0 radical (unpaired) electrons. The van der Waals surface area contributed by atoms with Gasteiger partial charge in [-0.3, -0.25) is 19.3 Å². The number of aromatic nitrogens is 2. The maximum Gasteiger partial charge on any atom is 0.264 e. The van der Waals surface area contributed by atoms with Crippen molar-refractivity contribution < 1.29 is 9.84 Å². The predicted octanol–water partition coefficient (Wildman–Crippen LogP) is 4.67. The first kappa shape index (κ1) is 19.2. The summed E-state index contributed by atoms with van der Waals surface area (Å²) in [5.74, 6) is 0.281. The van der Waals surface area contributed by atoms with Crippen LogP contribution in [0.2, 0.25) is 10.0 Å². The van der Waals surface area contributed by atoms with Crippen LogP contribution in [0.25, 0.3) is 5.69 Å². The number of hydrogen-bond donors (Lipinski definition) is 2. The van der Waals surface area contributed by atoms with Crippen LogP contribution in [-0.2, 0) is 0 Å². The fraction of sp³-hybridized carbons (Fsp3) is 0.0556. The Kier molecular flexibility index (Phi) is 5.65. The molecule has 2 aromatic carbocycles. The Morgan fingerprint density at radius 3 is 2.59 bits per heavy atom. The molecule has 0 fully saturated rings. The smallest absolute Gasteiger partial charge is 0.264 e. The van der Waals surface area contributed by atoms with Gasteiger partial charge in [-0.25, -0.2) is 0 Å². The maximum atomic E-state index is 12.3. The lowest BCUT2D eigenvalue weighted by atomic mass is 10.2. The summed E-state index contributed by atoms with van der Waals surface area (Å²) in [4.78, 5) is 19.0. The van der Waals surface area contributed by atoms with Gasteiger partial charge in [-0.15, -0.1) is 0 Å². The molecule has 3 aromatic rings. The van der Waals surface area contributed by atoms with Crippen molar-refractivity contribution in [1.82, 2.24) is 9.55 Å². The fourth-order valence-electron chi connectivity index (χ4n) is 2.35. The van der Waals surface area contributed by atoms with E-state index in [9.17, 15) is 9.90 Å². The Morgan fingerprint density at radius 2 is 1.93 bits per heavy atom. The van der Waals surface area contributed by atoms with Gasteiger partial charge in [0.1, 0.15) is 11.3 Å². The molecule has 0 amide bonds. The predicted molar refractivity (Wildman–Crippen MR) is 109 cm³/mol.